The molecular weight excluding hydrogens is 510 g/mol. The number of carbonyl (C=O) groups excluding carboxylic acids is 1. The van der Waals surface area contributed by atoms with E-state index >= 15 is 0 Å². The van der Waals surface area contributed by atoms with Gasteiger partial charge in [0.05, 0.1) is 15.5 Å². The molecule has 0 atom stereocenters. The van der Waals surface area contributed by atoms with Crippen LogP contribution >= 0.6 is 0 Å². The van der Waals surface area contributed by atoms with Gasteiger partial charge in [0.1, 0.15) is 0 Å². The highest BCUT2D eigenvalue weighted by atomic mass is 32.2. The van der Waals surface area contributed by atoms with Crippen molar-refractivity contribution in [2.24, 2.45) is 0 Å². The highest BCUT2D eigenvalue weighted by Gasteiger charge is 2.21. The Balaban J connectivity index is 1.43. The summed E-state index contributed by atoms with van der Waals surface area (Å²) in [6.45, 7) is 1.88. The van der Waals surface area contributed by atoms with Gasteiger partial charge >= 0.3 is 0 Å². The maximum absolute atomic E-state index is 12.9. The molecule has 0 fully saturated rings. The van der Waals surface area contributed by atoms with E-state index in [0.29, 0.717) is 22.6 Å². The van der Waals surface area contributed by atoms with Gasteiger partial charge in [0, 0.05) is 24.0 Å². The molecule has 4 aromatic carbocycles. The molecule has 10 heteroatoms. The van der Waals surface area contributed by atoms with Gasteiger partial charge in [-0.3, -0.25) is 13.8 Å². The second kappa shape index (κ2) is 10.5. The first-order valence-electron chi connectivity index (χ1n) is 11.2. The van der Waals surface area contributed by atoms with Gasteiger partial charge in [0.15, 0.2) is 0 Å². The zero-order valence-corrected chi connectivity index (χ0v) is 21.8. The third-order valence-electron chi connectivity index (χ3n) is 5.62. The zero-order valence-electron chi connectivity index (χ0n) is 20.1. The maximum Gasteiger partial charge on any atom is 0.264 e. The number of nitrogens with one attached hydrogen (secondary N) is 2. The highest BCUT2D eigenvalue weighted by molar-refractivity contribution is 7.93. The van der Waals surface area contributed by atoms with E-state index in [1.807, 2.05) is 6.92 Å². The molecule has 37 heavy (non-hydrogen) atoms. The summed E-state index contributed by atoms with van der Waals surface area (Å²) in [7, 11) is -6.07. The molecule has 0 aromatic heterocycles. The van der Waals surface area contributed by atoms with E-state index in [1.165, 1.54) is 43.4 Å². The van der Waals surface area contributed by atoms with Crippen molar-refractivity contribution < 1.29 is 21.6 Å². The lowest BCUT2D eigenvalue weighted by Crippen LogP contribution is -2.26. The second-order valence-electron chi connectivity index (χ2n) is 8.28. The fourth-order valence-electron chi connectivity index (χ4n) is 3.47. The third kappa shape index (κ3) is 5.99. The van der Waals surface area contributed by atoms with Crippen LogP contribution in [-0.4, -0.2) is 29.8 Å². The van der Waals surface area contributed by atoms with Crippen molar-refractivity contribution in [3.63, 3.8) is 0 Å². The molecule has 0 heterocycles. The average molecular weight is 536 g/mol. The van der Waals surface area contributed by atoms with Crippen LogP contribution in [0.3, 0.4) is 0 Å². The molecule has 0 unspecified atom stereocenters. The lowest BCUT2D eigenvalue weighted by Gasteiger charge is -2.20. The zero-order chi connectivity index (χ0) is 26.6. The topological polar surface area (TPSA) is 113 Å². The highest BCUT2D eigenvalue weighted by Crippen LogP contribution is 2.23. The van der Waals surface area contributed by atoms with Crippen LogP contribution in [-0.2, 0) is 20.0 Å². The molecule has 0 saturated carbocycles. The number of aryl methyl sites for hydroxylation is 1. The normalized spacial score (nSPS) is 11.5. The van der Waals surface area contributed by atoms with Crippen molar-refractivity contribution in [1.82, 2.24) is 0 Å². The van der Waals surface area contributed by atoms with Gasteiger partial charge in [-0.2, -0.15) is 0 Å². The van der Waals surface area contributed by atoms with Crippen molar-refractivity contribution in [2.45, 2.75) is 16.7 Å². The number of para-hydroxylation sites is 1. The van der Waals surface area contributed by atoms with Crippen LogP contribution in [0.5, 0.6) is 0 Å². The Morgan fingerprint density at radius 3 is 1.84 bits per heavy atom. The van der Waals surface area contributed by atoms with Gasteiger partial charge in [0.2, 0.25) is 0 Å². The van der Waals surface area contributed by atoms with E-state index in [9.17, 15) is 21.6 Å². The Morgan fingerprint density at radius 2 is 1.24 bits per heavy atom. The molecular formula is C27H25N3O5S2. The van der Waals surface area contributed by atoms with E-state index in [2.05, 4.69) is 10.0 Å². The third-order valence-corrected chi connectivity index (χ3v) is 8.82. The van der Waals surface area contributed by atoms with Gasteiger partial charge in [-0.05, 0) is 79.7 Å². The molecule has 0 saturated heterocycles. The van der Waals surface area contributed by atoms with Crippen molar-refractivity contribution in [3.05, 3.63) is 114 Å². The van der Waals surface area contributed by atoms with Crippen molar-refractivity contribution in [3.8, 4) is 0 Å². The van der Waals surface area contributed by atoms with E-state index < -0.39 is 26.0 Å². The molecule has 0 bridgehead atoms. The van der Waals surface area contributed by atoms with Crippen molar-refractivity contribution >= 4 is 43.0 Å². The van der Waals surface area contributed by atoms with E-state index in [0.717, 1.165) is 9.87 Å². The van der Waals surface area contributed by atoms with Gasteiger partial charge in [0.25, 0.3) is 26.0 Å². The number of rotatable bonds is 8. The molecule has 0 radical (unpaired) electrons. The predicted molar refractivity (Wildman–Crippen MR) is 145 cm³/mol. The summed E-state index contributed by atoms with van der Waals surface area (Å²) in [5.74, 6) is -0.423. The Morgan fingerprint density at radius 1 is 0.676 bits per heavy atom. The standard InChI is InChI=1S/C27H25N3O5S2/c1-20-8-16-26(17-9-20)37(34,35)30(2)24-14-10-21(11-15-24)27(31)28-22-12-18-25(19-13-22)36(32,33)29-23-6-4-3-5-7-23/h3-19,29H,1-2H3,(H,28,31). The minimum absolute atomic E-state index is 0.0523. The summed E-state index contributed by atoms with van der Waals surface area (Å²) in [5.41, 5.74) is 2.52. The molecule has 0 spiro atoms. The minimum atomic E-state index is -3.77. The largest absolute Gasteiger partial charge is 0.322 e. The Labute approximate surface area is 216 Å². The summed E-state index contributed by atoms with van der Waals surface area (Å²) in [6, 6.07) is 27.0. The van der Waals surface area contributed by atoms with Crippen LogP contribution in [0.2, 0.25) is 0 Å². The van der Waals surface area contributed by atoms with Gasteiger partial charge in [-0.15, -0.1) is 0 Å². The quantitative estimate of drug-likeness (QED) is 0.334. The first-order chi connectivity index (χ1) is 17.6. The maximum atomic E-state index is 12.9. The molecule has 1 amide bonds. The molecule has 190 valence electrons. The Kier molecular flexibility index (Phi) is 7.33. The van der Waals surface area contributed by atoms with E-state index in [4.69, 9.17) is 0 Å². The fraction of sp³-hybridized carbons (Fsp3) is 0.0741. The van der Waals surface area contributed by atoms with Crippen molar-refractivity contribution in [1.29, 1.82) is 0 Å². The summed E-state index contributed by atoms with van der Waals surface area (Å²) < 4.78 is 54.6. The number of amides is 1. The molecule has 4 rings (SSSR count). The van der Waals surface area contributed by atoms with Crippen LogP contribution in [0.25, 0.3) is 0 Å². The number of nitrogens with zero attached hydrogens (tertiary/aromatic N) is 1. The number of benzene rings is 4. The SMILES string of the molecule is Cc1ccc(S(=O)(=O)N(C)c2ccc(C(=O)Nc3ccc(S(=O)(=O)Nc4ccccc4)cc3)cc2)cc1. The number of hydrogen-bond donors (Lipinski definition) is 2. The lowest BCUT2D eigenvalue weighted by atomic mass is 10.2. The molecule has 0 aliphatic rings. The first kappa shape index (κ1) is 25.9. The van der Waals surface area contributed by atoms with Crippen LogP contribution < -0.4 is 14.3 Å². The molecule has 0 aliphatic heterocycles. The Hall–Kier alpha value is -4.15. The number of sulfonamides is 2. The number of anilines is 3. The fourth-order valence-corrected chi connectivity index (χ4v) is 5.72. The number of hydrogen-bond acceptors (Lipinski definition) is 5. The van der Waals surface area contributed by atoms with Crippen LogP contribution in [0.15, 0.2) is 113 Å². The van der Waals surface area contributed by atoms with E-state index in [-0.39, 0.29) is 9.79 Å². The van der Waals surface area contributed by atoms with Gasteiger partial charge in [-0.1, -0.05) is 35.9 Å². The number of carbonyl (C=O) groups is 1. The summed E-state index contributed by atoms with van der Waals surface area (Å²) in [5, 5.41) is 2.71. The van der Waals surface area contributed by atoms with Crippen LogP contribution in [0.4, 0.5) is 17.1 Å². The van der Waals surface area contributed by atoms with Gasteiger partial charge in [-0.25, -0.2) is 16.8 Å². The van der Waals surface area contributed by atoms with E-state index in [1.54, 1.807) is 66.7 Å². The average Bonchev–Trinajstić information content (AvgIpc) is 2.89. The Bertz CT molecular complexity index is 1600. The van der Waals surface area contributed by atoms with Crippen molar-refractivity contribution in [2.75, 3.05) is 21.4 Å². The molecule has 4 aromatic rings. The summed E-state index contributed by atoms with van der Waals surface area (Å²) in [4.78, 5) is 12.9. The summed E-state index contributed by atoms with van der Waals surface area (Å²) in [6.07, 6.45) is 0. The predicted octanol–water partition coefficient (Wildman–Crippen LogP) is 4.87. The summed E-state index contributed by atoms with van der Waals surface area (Å²) >= 11 is 0. The molecule has 8 nitrogen and oxygen atoms in total. The van der Waals surface area contributed by atoms with Crippen LogP contribution in [0, 0.1) is 6.92 Å². The molecule has 0 aliphatic carbocycles. The minimum Gasteiger partial charge on any atom is -0.322 e. The smallest absolute Gasteiger partial charge is 0.264 e. The van der Waals surface area contributed by atoms with Gasteiger partial charge < -0.3 is 5.32 Å². The second-order valence-corrected chi connectivity index (χ2v) is 11.9. The monoisotopic (exact) mass is 535 g/mol. The lowest BCUT2D eigenvalue weighted by molar-refractivity contribution is 0.102. The van der Waals surface area contributed by atoms with Crippen LogP contribution in [0.1, 0.15) is 15.9 Å². The molecule has 2 N–H and O–H groups in total. The first-order valence-corrected chi connectivity index (χ1v) is 14.1.